The zero-order valence-electron chi connectivity index (χ0n) is 9.20. The van der Waals surface area contributed by atoms with Gasteiger partial charge in [-0.1, -0.05) is 23.2 Å². The quantitative estimate of drug-likeness (QED) is 0.900. The Morgan fingerprint density at radius 1 is 1.47 bits per heavy atom. The normalized spacial score (nSPS) is 19.7. The molecule has 1 saturated heterocycles. The van der Waals surface area contributed by atoms with Crippen LogP contribution in [0.5, 0.6) is 0 Å². The van der Waals surface area contributed by atoms with Crippen LogP contribution in [0.3, 0.4) is 0 Å². The molecule has 1 aliphatic rings. The van der Waals surface area contributed by atoms with Crippen LogP contribution in [-0.4, -0.2) is 35.1 Å². The molecular weight excluding hydrogens is 261 g/mol. The third-order valence-corrected chi connectivity index (χ3v) is 3.57. The van der Waals surface area contributed by atoms with E-state index in [1.807, 2.05) is 0 Å². The van der Waals surface area contributed by atoms with Crippen molar-refractivity contribution in [1.29, 1.82) is 0 Å². The molecule has 1 aromatic rings. The number of carbonyl (C=O) groups excluding carboxylic acids is 1. The van der Waals surface area contributed by atoms with E-state index in [4.69, 9.17) is 23.2 Å². The van der Waals surface area contributed by atoms with Crippen LogP contribution in [0.4, 0.5) is 0 Å². The van der Waals surface area contributed by atoms with Crippen molar-refractivity contribution in [3.05, 3.63) is 33.8 Å². The van der Waals surface area contributed by atoms with E-state index in [1.54, 1.807) is 23.1 Å². The summed E-state index contributed by atoms with van der Waals surface area (Å²) in [6.07, 6.45) is 1.75. The highest BCUT2D eigenvalue weighted by atomic mass is 35.5. The fourth-order valence-corrected chi connectivity index (χ4v) is 2.48. The Morgan fingerprint density at radius 2 is 2.24 bits per heavy atom. The second-order valence-electron chi connectivity index (χ2n) is 4.10. The molecule has 1 amide bonds. The summed E-state index contributed by atoms with van der Waals surface area (Å²) in [5, 5.41) is 10.1. The zero-order chi connectivity index (χ0) is 12.4. The van der Waals surface area contributed by atoms with Crippen LogP contribution in [0.25, 0.3) is 0 Å². The number of aliphatic hydroxyl groups is 1. The highest BCUT2D eigenvalue weighted by molar-refractivity contribution is 6.35. The average molecular weight is 274 g/mol. The first-order valence-corrected chi connectivity index (χ1v) is 6.26. The van der Waals surface area contributed by atoms with Gasteiger partial charge in [-0.05, 0) is 31.0 Å². The number of rotatable bonds is 2. The molecule has 1 atom stereocenters. The third-order valence-electron chi connectivity index (χ3n) is 3.01. The Labute approximate surface area is 110 Å². The molecule has 17 heavy (non-hydrogen) atoms. The zero-order valence-corrected chi connectivity index (χ0v) is 10.7. The van der Waals surface area contributed by atoms with Gasteiger partial charge in [0.05, 0.1) is 23.2 Å². The van der Waals surface area contributed by atoms with Gasteiger partial charge in [0.15, 0.2) is 0 Å². The van der Waals surface area contributed by atoms with E-state index < -0.39 is 0 Å². The maximum absolute atomic E-state index is 12.3. The standard InChI is InChI=1S/C12H13Cl2NO2/c13-8-3-4-11(14)10(6-8)12(17)15-5-1-2-9(15)7-16/h3-4,6,9,16H,1-2,5,7H2. The number of likely N-dealkylation sites (tertiary alicyclic amines) is 1. The molecular formula is C12H13Cl2NO2. The minimum Gasteiger partial charge on any atom is -0.394 e. The molecule has 1 aromatic carbocycles. The number of hydrogen-bond donors (Lipinski definition) is 1. The summed E-state index contributed by atoms with van der Waals surface area (Å²) in [6.45, 7) is 0.650. The molecule has 5 heteroatoms. The van der Waals surface area contributed by atoms with E-state index in [-0.39, 0.29) is 18.6 Å². The predicted molar refractivity (Wildman–Crippen MR) is 67.6 cm³/mol. The summed E-state index contributed by atoms with van der Waals surface area (Å²) in [7, 11) is 0. The van der Waals surface area contributed by atoms with Crippen LogP contribution < -0.4 is 0 Å². The number of aliphatic hydroxyl groups excluding tert-OH is 1. The Hall–Kier alpha value is -0.770. The number of nitrogens with zero attached hydrogens (tertiary/aromatic N) is 1. The molecule has 2 rings (SSSR count). The Morgan fingerprint density at radius 3 is 2.94 bits per heavy atom. The molecule has 1 N–H and O–H groups in total. The van der Waals surface area contributed by atoms with Gasteiger partial charge in [0.2, 0.25) is 0 Å². The molecule has 3 nitrogen and oxygen atoms in total. The van der Waals surface area contributed by atoms with Gasteiger partial charge in [-0.3, -0.25) is 4.79 Å². The lowest BCUT2D eigenvalue weighted by Gasteiger charge is -2.23. The Bertz CT molecular complexity index is 437. The second-order valence-corrected chi connectivity index (χ2v) is 4.94. The van der Waals surface area contributed by atoms with E-state index in [0.717, 1.165) is 12.8 Å². The molecule has 0 radical (unpaired) electrons. The van der Waals surface area contributed by atoms with Crippen LogP contribution in [-0.2, 0) is 0 Å². The second kappa shape index (κ2) is 5.25. The molecule has 0 spiro atoms. The van der Waals surface area contributed by atoms with Gasteiger partial charge in [-0.25, -0.2) is 0 Å². The van der Waals surface area contributed by atoms with Crippen molar-refractivity contribution in [3.63, 3.8) is 0 Å². The van der Waals surface area contributed by atoms with Gasteiger partial charge in [0, 0.05) is 11.6 Å². The molecule has 92 valence electrons. The lowest BCUT2D eigenvalue weighted by molar-refractivity contribution is 0.0678. The van der Waals surface area contributed by atoms with Crippen molar-refractivity contribution in [2.75, 3.05) is 13.2 Å². The summed E-state index contributed by atoms with van der Waals surface area (Å²) in [5.41, 5.74) is 0.402. The Balaban J connectivity index is 2.27. The first-order chi connectivity index (χ1) is 8.13. The maximum atomic E-state index is 12.3. The summed E-state index contributed by atoms with van der Waals surface area (Å²) >= 11 is 11.9. The smallest absolute Gasteiger partial charge is 0.255 e. The van der Waals surface area contributed by atoms with Crippen molar-refractivity contribution >= 4 is 29.1 Å². The number of hydrogen-bond acceptors (Lipinski definition) is 2. The Kier molecular flexibility index (Phi) is 3.92. The molecule has 1 unspecified atom stereocenters. The van der Waals surface area contributed by atoms with E-state index in [0.29, 0.717) is 22.2 Å². The predicted octanol–water partition coefficient (Wildman–Crippen LogP) is 2.59. The molecule has 0 aliphatic carbocycles. The van der Waals surface area contributed by atoms with Crippen molar-refractivity contribution in [2.24, 2.45) is 0 Å². The third kappa shape index (κ3) is 2.57. The van der Waals surface area contributed by atoms with Crippen molar-refractivity contribution in [1.82, 2.24) is 4.90 Å². The fourth-order valence-electron chi connectivity index (χ4n) is 2.11. The topological polar surface area (TPSA) is 40.5 Å². The number of amides is 1. The maximum Gasteiger partial charge on any atom is 0.255 e. The monoisotopic (exact) mass is 273 g/mol. The van der Waals surface area contributed by atoms with E-state index in [9.17, 15) is 9.90 Å². The first-order valence-electron chi connectivity index (χ1n) is 5.50. The summed E-state index contributed by atoms with van der Waals surface area (Å²) in [4.78, 5) is 13.9. The summed E-state index contributed by atoms with van der Waals surface area (Å²) in [6, 6.07) is 4.73. The van der Waals surface area contributed by atoms with Gasteiger partial charge in [-0.2, -0.15) is 0 Å². The number of halogens is 2. The molecule has 1 aliphatic heterocycles. The number of benzene rings is 1. The highest BCUT2D eigenvalue weighted by Gasteiger charge is 2.29. The van der Waals surface area contributed by atoms with Gasteiger partial charge in [0.1, 0.15) is 0 Å². The van der Waals surface area contributed by atoms with Crippen LogP contribution >= 0.6 is 23.2 Å². The van der Waals surface area contributed by atoms with Gasteiger partial charge >= 0.3 is 0 Å². The van der Waals surface area contributed by atoms with Crippen LogP contribution in [0.1, 0.15) is 23.2 Å². The first kappa shape index (κ1) is 12.7. The van der Waals surface area contributed by atoms with E-state index in [1.165, 1.54) is 0 Å². The lowest BCUT2D eigenvalue weighted by Crippen LogP contribution is -2.37. The molecule has 0 saturated carbocycles. The lowest BCUT2D eigenvalue weighted by atomic mass is 10.1. The van der Waals surface area contributed by atoms with Gasteiger partial charge in [-0.15, -0.1) is 0 Å². The summed E-state index contributed by atoms with van der Waals surface area (Å²) < 4.78 is 0. The van der Waals surface area contributed by atoms with Crippen molar-refractivity contribution < 1.29 is 9.90 Å². The number of carbonyl (C=O) groups is 1. The van der Waals surface area contributed by atoms with Crippen molar-refractivity contribution in [2.45, 2.75) is 18.9 Å². The largest absolute Gasteiger partial charge is 0.394 e. The molecule has 0 bridgehead atoms. The summed E-state index contributed by atoms with van der Waals surface area (Å²) in [5.74, 6) is -0.158. The molecule has 0 aromatic heterocycles. The molecule has 1 heterocycles. The van der Waals surface area contributed by atoms with E-state index >= 15 is 0 Å². The van der Waals surface area contributed by atoms with Gasteiger partial charge in [0.25, 0.3) is 5.91 Å². The van der Waals surface area contributed by atoms with Crippen molar-refractivity contribution in [3.8, 4) is 0 Å². The highest BCUT2D eigenvalue weighted by Crippen LogP contribution is 2.25. The fraction of sp³-hybridized carbons (Fsp3) is 0.417. The van der Waals surface area contributed by atoms with Crippen LogP contribution in [0.15, 0.2) is 18.2 Å². The van der Waals surface area contributed by atoms with Crippen LogP contribution in [0, 0.1) is 0 Å². The van der Waals surface area contributed by atoms with E-state index in [2.05, 4.69) is 0 Å². The average Bonchev–Trinajstić information content (AvgIpc) is 2.79. The SMILES string of the molecule is O=C(c1cc(Cl)ccc1Cl)N1CCCC1CO. The molecule has 1 fully saturated rings. The van der Waals surface area contributed by atoms with Gasteiger partial charge < -0.3 is 10.0 Å². The minimum atomic E-state index is -0.158. The van der Waals surface area contributed by atoms with Crippen LogP contribution in [0.2, 0.25) is 10.0 Å². The minimum absolute atomic E-state index is 0.01000.